The van der Waals surface area contributed by atoms with Gasteiger partial charge in [0, 0.05) is 4.47 Å². The number of rotatable bonds is 3. The smallest absolute Gasteiger partial charge is 0.379 e. The molecule has 94 valence electrons. The molecular formula is C12H11BrN2O3. The second-order valence-electron chi connectivity index (χ2n) is 3.63. The van der Waals surface area contributed by atoms with E-state index in [2.05, 4.69) is 26.1 Å². The lowest BCUT2D eigenvalue weighted by Gasteiger charge is -1.99. The van der Waals surface area contributed by atoms with Gasteiger partial charge in [-0.1, -0.05) is 6.07 Å². The molecule has 0 N–H and O–H groups in total. The number of aryl methyl sites for hydroxylation is 1. The van der Waals surface area contributed by atoms with Crippen LogP contribution >= 0.6 is 15.9 Å². The maximum Gasteiger partial charge on any atom is 0.379 e. The summed E-state index contributed by atoms with van der Waals surface area (Å²) in [6.07, 6.45) is 0. The zero-order valence-corrected chi connectivity index (χ0v) is 11.5. The van der Waals surface area contributed by atoms with Gasteiger partial charge in [0.05, 0.1) is 12.2 Å². The van der Waals surface area contributed by atoms with Crippen LogP contribution in [0.3, 0.4) is 0 Å². The van der Waals surface area contributed by atoms with Gasteiger partial charge in [-0.05, 0) is 52.6 Å². The van der Waals surface area contributed by atoms with Gasteiger partial charge in [-0.3, -0.25) is 0 Å². The van der Waals surface area contributed by atoms with E-state index < -0.39 is 5.97 Å². The Morgan fingerprint density at radius 2 is 2.28 bits per heavy atom. The summed E-state index contributed by atoms with van der Waals surface area (Å²) in [5, 5.41) is 3.59. The molecule has 0 fully saturated rings. The monoisotopic (exact) mass is 310 g/mol. The molecule has 5 nitrogen and oxygen atoms in total. The molecule has 18 heavy (non-hydrogen) atoms. The summed E-state index contributed by atoms with van der Waals surface area (Å²) < 4.78 is 10.7. The van der Waals surface area contributed by atoms with Crippen molar-refractivity contribution in [3.63, 3.8) is 0 Å². The topological polar surface area (TPSA) is 65.2 Å². The van der Waals surface area contributed by atoms with Gasteiger partial charge >= 0.3 is 5.97 Å². The SMILES string of the molecule is CCOC(=O)c1noc(-c2ccc(C)cc2Br)n1. The van der Waals surface area contributed by atoms with E-state index in [1.54, 1.807) is 6.92 Å². The number of carbonyl (C=O) groups excluding carboxylic acids is 1. The van der Waals surface area contributed by atoms with Crippen LogP contribution in [0.5, 0.6) is 0 Å². The Kier molecular flexibility index (Phi) is 3.76. The fourth-order valence-corrected chi connectivity index (χ4v) is 2.07. The summed E-state index contributed by atoms with van der Waals surface area (Å²) in [5.41, 5.74) is 1.85. The van der Waals surface area contributed by atoms with Crippen LogP contribution in [0, 0.1) is 6.92 Å². The Bertz CT molecular complexity index is 580. The average molecular weight is 311 g/mol. The largest absolute Gasteiger partial charge is 0.460 e. The molecule has 0 aliphatic carbocycles. The Morgan fingerprint density at radius 1 is 1.50 bits per heavy atom. The quantitative estimate of drug-likeness (QED) is 0.815. The van der Waals surface area contributed by atoms with Gasteiger partial charge in [0.25, 0.3) is 11.7 Å². The van der Waals surface area contributed by atoms with Crippen LogP contribution < -0.4 is 0 Å². The first-order chi connectivity index (χ1) is 8.61. The van der Waals surface area contributed by atoms with Crippen molar-refractivity contribution in [2.45, 2.75) is 13.8 Å². The summed E-state index contributed by atoms with van der Waals surface area (Å²) in [6.45, 7) is 3.97. The van der Waals surface area contributed by atoms with Gasteiger partial charge in [-0.25, -0.2) is 4.79 Å². The molecule has 0 radical (unpaired) electrons. The standard InChI is InChI=1S/C12H11BrN2O3/c1-3-17-12(16)10-14-11(18-15-10)8-5-4-7(2)6-9(8)13/h4-6H,3H2,1-2H3. The van der Waals surface area contributed by atoms with Crippen LogP contribution in [-0.4, -0.2) is 22.7 Å². The summed E-state index contributed by atoms with van der Waals surface area (Å²) >= 11 is 3.42. The summed E-state index contributed by atoms with van der Waals surface area (Å²) in [7, 11) is 0. The number of ether oxygens (including phenoxy) is 1. The van der Waals surface area contributed by atoms with Crippen molar-refractivity contribution >= 4 is 21.9 Å². The number of carbonyl (C=O) groups is 1. The number of hydrogen-bond acceptors (Lipinski definition) is 5. The van der Waals surface area contributed by atoms with Crippen LogP contribution in [0.4, 0.5) is 0 Å². The van der Waals surface area contributed by atoms with Crippen molar-refractivity contribution in [1.29, 1.82) is 0 Å². The van der Waals surface area contributed by atoms with Crippen molar-refractivity contribution in [3.05, 3.63) is 34.1 Å². The Labute approximate surface area is 112 Å². The predicted octanol–water partition coefficient (Wildman–Crippen LogP) is 2.98. The van der Waals surface area contributed by atoms with Crippen LogP contribution in [-0.2, 0) is 4.74 Å². The van der Waals surface area contributed by atoms with Gasteiger partial charge in [-0.2, -0.15) is 4.98 Å². The second-order valence-corrected chi connectivity index (χ2v) is 4.48. The molecule has 6 heteroatoms. The van der Waals surface area contributed by atoms with Crippen LogP contribution in [0.1, 0.15) is 23.1 Å². The van der Waals surface area contributed by atoms with Gasteiger partial charge in [0.2, 0.25) is 0 Å². The Hall–Kier alpha value is -1.69. The lowest BCUT2D eigenvalue weighted by atomic mass is 10.1. The maximum absolute atomic E-state index is 11.4. The molecule has 0 saturated heterocycles. The van der Waals surface area contributed by atoms with Crippen molar-refractivity contribution < 1.29 is 14.1 Å². The van der Waals surface area contributed by atoms with Crippen LogP contribution in [0.15, 0.2) is 27.2 Å². The van der Waals surface area contributed by atoms with Crippen molar-refractivity contribution in [2.24, 2.45) is 0 Å². The number of hydrogen-bond donors (Lipinski definition) is 0. The number of nitrogens with zero attached hydrogens (tertiary/aromatic N) is 2. The van der Waals surface area contributed by atoms with Crippen LogP contribution in [0.25, 0.3) is 11.5 Å². The van der Waals surface area contributed by atoms with E-state index in [-0.39, 0.29) is 18.3 Å². The minimum atomic E-state index is -0.587. The summed E-state index contributed by atoms with van der Waals surface area (Å²) in [5.74, 6) is -0.375. The van der Waals surface area contributed by atoms with Gasteiger partial charge in [0.1, 0.15) is 0 Å². The third-order valence-electron chi connectivity index (χ3n) is 2.24. The van der Waals surface area contributed by atoms with Crippen molar-refractivity contribution in [2.75, 3.05) is 6.61 Å². The molecule has 0 spiro atoms. The molecule has 0 bridgehead atoms. The zero-order chi connectivity index (χ0) is 13.1. The van der Waals surface area contributed by atoms with E-state index >= 15 is 0 Å². The minimum Gasteiger partial charge on any atom is -0.460 e. The number of halogens is 1. The highest BCUT2D eigenvalue weighted by molar-refractivity contribution is 9.10. The highest BCUT2D eigenvalue weighted by Gasteiger charge is 2.17. The lowest BCUT2D eigenvalue weighted by Crippen LogP contribution is -2.06. The zero-order valence-electron chi connectivity index (χ0n) is 9.94. The van der Waals surface area contributed by atoms with Crippen molar-refractivity contribution in [3.8, 4) is 11.5 Å². The van der Waals surface area contributed by atoms with Gasteiger partial charge in [0.15, 0.2) is 0 Å². The van der Waals surface area contributed by atoms with E-state index in [1.165, 1.54) is 0 Å². The number of aromatic nitrogens is 2. The molecule has 2 aromatic rings. The fourth-order valence-electron chi connectivity index (χ4n) is 1.41. The molecular weight excluding hydrogens is 300 g/mol. The number of benzene rings is 1. The third-order valence-corrected chi connectivity index (χ3v) is 2.90. The highest BCUT2D eigenvalue weighted by Crippen LogP contribution is 2.27. The van der Waals surface area contributed by atoms with Gasteiger partial charge < -0.3 is 9.26 Å². The first kappa shape index (κ1) is 12.8. The first-order valence-electron chi connectivity index (χ1n) is 5.39. The molecule has 0 saturated carbocycles. The Balaban J connectivity index is 2.32. The summed E-state index contributed by atoms with van der Waals surface area (Å²) in [6, 6.07) is 5.71. The van der Waals surface area contributed by atoms with Crippen molar-refractivity contribution in [1.82, 2.24) is 10.1 Å². The predicted molar refractivity (Wildman–Crippen MR) is 68.1 cm³/mol. The maximum atomic E-state index is 11.4. The molecule has 0 unspecified atom stereocenters. The summed E-state index contributed by atoms with van der Waals surface area (Å²) in [4.78, 5) is 15.4. The third kappa shape index (κ3) is 2.59. The lowest BCUT2D eigenvalue weighted by molar-refractivity contribution is 0.0508. The van der Waals surface area contributed by atoms with E-state index in [0.29, 0.717) is 0 Å². The molecule has 1 aromatic carbocycles. The fraction of sp³-hybridized carbons (Fsp3) is 0.250. The van der Waals surface area contributed by atoms with E-state index in [9.17, 15) is 4.79 Å². The first-order valence-corrected chi connectivity index (χ1v) is 6.18. The van der Waals surface area contributed by atoms with E-state index in [1.807, 2.05) is 25.1 Å². The molecule has 2 rings (SSSR count). The number of esters is 1. The van der Waals surface area contributed by atoms with Gasteiger partial charge in [-0.15, -0.1) is 0 Å². The molecule has 0 aliphatic rings. The van der Waals surface area contributed by atoms with Crippen LogP contribution in [0.2, 0.25) is 0 Å². The van der Waals surface area contributed by atoms with E-state index in [0.717, 1.165) is 15.6 Å². The molecule has 1 aromatic heterocycles. The minimum absolute atomic E-state index is 0.0701. The highest BCUT2D eigenvalue weighted by atomic mass is 79.9. The average Bonchev–Trinajstić information content (AvgIpc) is 2.78. The normalized spacial score (nSPS) is 10.4. The van der Waals surface area contributed by atoms with E-state index in [4.69, 9.17) is 9.26 Å². The molecule has 0 atom stereocenters. The molecule has 0 aliphatic heterocycles. The molecule has 0 amide bonds. The second kappa shape index (κ2) is 5.30. The molecule has 1 heterocycles. The Morgan fingerprint density at radius 3 is 2.94 bits per heavy atom.